The number of thioether (sulfide) groups is 1. The number of carbonyl (C=O) groups is 1. The second kappa shape index (κ2) is 7.74. The minimum absolute atomic E-state index is 0.0622. The lowest BCUT2D eigenvalue weighted by Crippen LogP contribution is -2.14. The van der Waals surface area contributed by atoms with Crippen molar-refractivity contribution in [3.05, 3.63) is 63.6 Å². The van der Waals surface area contributed by atoms with Crippen molar-refractivity contribution in [3.8, 4) is 0 Å². The molecule has 0 aliphatic heterocycles. The largest absolute Gasteiger partial charge is 0.324 e. The van der Waals surface area contributed by atoms with Crippen LogP contribution in [-0.2, 0) is 10.5 Å². The molecule has 0 heterocycles. The van der Waals surface area contributed by atoms with Crippen molar-refractivity contribution in [2.45, 2.75) is 12.7 Å². The maximum Gasteiger partial charge on any atom is 0.234 e. The molecule has 0 atom stereocenters. The molecule has 5 heteroatoms. The molecule has 0 fully saturated rings. The van der Waals surface area contributed by atoms with Crippen LogP contribution in [0.1, 0.15) is 11.1 Å². The Morgan fingerprint density at radius 2 is 1.81 bits per heavy atom. The van der Waals surface area contributed by atoms with Gasteiger partial charge in [0.15, 0.2) is 0 Å². The molecule has 21 heavy (non-hydrogen) atoms. The van der Waals surface area contributed by atoms with Gasteiger partial charge in [-0.1, -0.05) is 47.5 Å². The number of carbonyl (C=O) groups excluding carboxylic acids is 1. The van der Waals surface area contributed by atoms with E-state index in [0.717, 1.165) is 21.9 Å². The molecule has 1 N–H and O–H groups in total. The molecule has 0 aliphatic carbocycles. The Morgan fingerprint density at radius 1 is 1.10 bits per heavy atom. The van der Waals surface area contributed by atoms with Gasteiger partial charge in [0.1, 0.15) is 0 Å². The van der Waals surface area contributed by atoms with Crippen LogP contribution in [0.4, 0.5) is 5.69 Å². The van der Waals surface area contributed by atoms with Crippen LogP contribution in [-0.4, -0.2) is 11.7 Å². The first-order valence-electron chi connectivity index (χ1n) is 6.44. The summed E-state index contributed by atoms with van der Waals surface area (Å²) in [5, 5.41) is 4.11. The molecule has 0 aromatic heterocycles. The van der Waals surface area contributed by atoms with E-state index in [1.807, 2.05) is 37.3 Å². The quantitative estimate of drug-likeness (QED) is 0.813. The fourth-order valence-electron chi connectivity index (χ4n) is 1.81. The topological polar surface area (TPSA) is 29.1 Å². The van der Waals surface area contributed by atoms with E-state index in [-0.39, 0.29) is 5.91 Å². The molecule has 1 amide bonds. The molecule has 0 spiro atoms. The van der Waals surface area contributed by atoms with Gasteiger partial charge in [-0.05, 0) is 36.2 Å². The van der Waals surface area contributed by atoms with Gasteiger partial charge in [0.25, 0.3) is 0 Å². The lowest BCUT2D eigenvalue weighted by molar-refractivity contribution is -0.113. The molecule has 0 unspecified atom stereocenters. The summed E-state index contributed by atoms with van der Waals surface area (Å²) >= 11 is 13.6. The number of rotatable bonds is 5. The Bertz CT molecular complexity index is 646. The summed E-state index contributed by atoms with van der Waals surface area (Å²) in [4.78, 5) is 11.9. The molecule has 2 aromatic rings. The summed E-state index contributed by atoms with van der Waals surface area (Å²) in [5.74, 6) is 1.06. The molecule has 0 aliphatic rings. The summed E-state index contributed by atoms with van der Waals surface area (Å²) in [6, 6.07) is 13.0. The van der Waals surface area contributed by atoms with Crippen molar-refractivity contribution in [2.24, 2.45) is 0 Å². The SMILES string of the molecule is Cc1c(Cl)cccc1CSCC(=O)Nc1ccccc1Cl. The van der Waals surface area contributed by atoms with Crippen LogP contribution >= 0.6 is 35.0 Å². The number of para-hydroxylation sites is 1. The highest BCUT2D eigenvalue weighted by Gasteiger charge is 2.07. The Hall–Kier alpha value is -1.16. The van der Waals surface area contributed by atoms with Crippen LogP contribution in [0.2, 0.25) is 10.0 Å². The third kappa shape index (κ3) is 4.67. The van der Waals surface area contributed by atoms with E-state index >= 15 is 0 Å². The fourth-order valence-corrected chi connectivity index (χ4v) is 3.08. The van der Waals surface area contributed by atoms with Crippen molar-refractivity contribution in [1.82, 2.24) is 0 Å². The lowest BCUT2D eigenvalue weighted by Gasteiger charge is -2.08. The monoisotopic (exact) mass is 339 g/mol. The molecule has 0 bridgehead atoms. The maximum atomic E-state index is 11.9. The normalized spacial score (nSPS) is 10.4. The van der Waals surface area contributed by atoms with Gasteiger partial charge >= 0.3 is 0 Å². The second-order valence-corrected chi connectivity index (χ2v) is 6.34. The lowest BCUT2D eigenvalue weighted by atomic mass is 10.1. The highest BCUT2D eigenvalue weighted by molar-refractivity contribution is 7.99. The van der Waals surface area contributed by atoms with Crippen molar-refractivity contribution in [2.75, 3.05) is 11.1 Å². The number of hydrogen-bond acceptors (Lipinski definition) is 2. The van der Waals surface area contributed by atoms with E-state index in [4.69, 9.17) is 23.2 Å². The number of hydrogen-bond donors (Lipinski definition) is 1. The average molecular weight is 340 g/mol. The van der Waals surface area contributed by atoms with E-state index in [1.165, 1.54) is 0 Å². The third-order valence-corrected chi connectivity index (χ3v) is 4.74. The molecular formula is C16H15Cl2NOS. The van der Waals surface area contributed by atoms with Gasteiger partial charge in [0.05, 0.1) is 16.5 Å². The van der Waals surface area contributed by atoms with Gasteiger partial charge in [0.2, 0.25) is 5.91 Å². The van der Waals surface area contributed by atoms with Crippen LogP contribution in [0.15, 0.2) is 42.5 Å². The van der Waals surface area contributed by atoms with Gasteiger partial charge < -0.3 is 5.32 Å². The maximum absolute atomic E-state index is 11.9. The summed E-state index contributed by atoms with van der Waals surface area (Å²) in [7, 11) is 0. The van der Waals surface area contributed by atoms with Crippen molar-refractivity contribution in [1.29, 1.82) is 0 Å². The van der Waals surface area contributed by atoms with Crippen LogP contribution in [0, 0.1) is 6.92 Å². The standard InChI is InChI=1S/C16H15Cl2NOS/c1-11-12(5-4-7-13(11)17)9-21-10-16(20)19-15-8-3-2-6-14(15)18/h2-8H,9-10H2,1H3,(H,19,20). The third-order valence-electron chi connectivity index (χ3n) is 3.02. The highest BCUT2D eigenvalue weighted by atomic mass is 35.5. The zero-order valence-electron chi connectivity index (χ0n) is 11.5. The molecule has 2 rings (SSSR count). The molecule has 2 aromatic carbocycles. The summed E-state index contributed by atoms with van der Waals surface area (Å²) in [5.41, 5.74) is 2.86. The number of benzene rings is 2. The smallest absolute Gasteiger partial charge is 0.234 e. The zero-order valence-corrected chi connectivity index (χ0v) is 13.9. The molecule has 0 saturated carbocycles. The Labute approximate surface area is 138 Å². The molecule has 2 nitrogen and oxygen atoms in total. The van der Waals surface area contributed by atoms with E-state index in [9.17, 15) is 4.79 Å². The molecule has 0 saturated heterocycles. The zero-order chi connectivity index (χ0) is 15.2. The predicted molar refractivity (Wildman–Crippen MR) is 92.4 cm³/mol. The predicted octanol–water partition coefficient (Wildman–Crippen LogP) is 5.17. The van der Waals surface area contributed by atoms with Crippen LogP contribution in [0.3, 0.4) is 0 Å². The minimum atomic E-state index is -0.0622. The second-order valence-electron chi connectivity index (χ2n) is 4.54. The number of nitrogens with one attached hydrogen (secondary N) is 1. The van der Waals surface area contributed by atoms with Crippen LogP contribution in [0.25, 0.3) is 0 Å². The Morgan fingerprint density at radius 3 is 2.57 bits per heavy atom. The summed E-state index contributed by atoms with van der Waals surface area (Å²) < 4.78 is 0. The van der Waals surface area contributed by atoms with E-state index in [1.54, 1.807) is 23.9 Å². The average Bonchev–Trinajstić information content (AvgIpc) is 2.46. The van der Waals surface area contributed by atoms with Crippen LogP contribution < -0.4 is 5.32 Å². The van der Waals surface area contributed by atoms with Crippen molar-refractivity contribution >= 4 is 46.6 Å². The Kier molecular flexibility index (Phi) is 5.97. The van der Waals surface area contributed by atoms with E-state index in [2.05, 4.69) is 5.32 Å². The first-order valence-corrected chi connectivity index (χ1v) is 8.35. The van der Waals surface area contributed by atoms with Gasteiger partial charge in [-0.3, -0.25) is 4.79 Å². The molecule has 0 radical (unpaired) electrons. The Balaban J connectivity index is 1.85. The first kappa shape index (κ1) is 16.2. The van der Waals surface area contributed by atoms with Crippen molar-refractivity contribution in [3.63, 3.8) is 0 Å². The summed E-state index contributed by atoms with van der Waals surface area (Å²) in [6.45, 7) is 1.99. The fraction of sp³-hybridized carbons (Fsp3) is 0.188. The van der Waals surface area contributed by atoms with E-state index in [0.29, 0.717) is 16.5 Å². The highest BCUT2D eigenvalue weighted by Crippen LogP contribution is 2.23. The molecular weight excluding hydrogens is 325 g/mol. The molecule has 110 valence electrons. The first-order chi connectivity index (χ1) is 10.1. The van der Waals surface area contributed by atoms with Gasteiger partial charge in [-0.2, -0.15) is 0 Å². The summed E-state index contributed by atoms with van der Waals surface area (Å²) in [6.07, 6.45) is 0. The van der Waals surface area contributed by atoms with E-state index < -0.39 is 0 Å². The van der Waals surface area contributed by atoms with Gasteiger partial charge in [-0.15, -0.1) is 11.8 Å². The van der Waals surface area contributed by atoms with Gasteiger partial charge in [0, 0.05) is 10.8 Å². The van der Waals surface area contributed by atoms with Crippen molar-refractivity contribution < 1.29 is 4.79 Å². The van der Waals surface area contributed by atoms with Crippen LogP contribution in [0.5, 0.6) is 0 Å². The number of amides is 1. The minimum Gasteiger partial charge on any atom is -0.324 e. The van der Waals surface area contributed by atoms with Gasteiger partial charge in [-0.25, -0.2) is 0 Å². The number of halogens is 2. The number of anilines is 1.